The number of carbonyl (C=O) groups excluding carboxylic acids is 1. The van der Waals surface area contributed by atoms with Gasteiger partial charge in [0.2, 0.25) is 0 Å². The summed E-state index contributed by atoms with van der Waals surface area (Å²) in [5, 5.41) is 7.94. The van der Waals surface area contributed by atoms with E-state index in [0.29, 0.717) is 5.56 Å². The summed E-state index contributed by atoms with van der Waals surface area (Å²) < 4.78 is 0. The Morgan fingerprint density at radius 3 is 2.27 bits per heavy atom. The third-order valence-electron chi connectivity index (χ3n) is 1.09. The molecule has 1 rings (SSSR count). The predicted octanol–water partition coefficient (Wildman–Crippen LogP) is 1.96. The predicted molar refractivity (Wildman–Crippen MR) is 42.1 cm³/mol. The molecule has 0 saturated carbocycles. The molecule has 0 spiro atoms. The SMILES string of the molecule is O=C(OO)c1ccccc1.[S]. The highest BCUT2D eigenvalue weighted by Gasteiger charge is 2.02. The topological polar surface area (TPSA) is 46.5 Å². The lowest BCUT2D eigenvalue weighted by Crippen LogP contribution is -2.00. The van der Waals surface area contributed by atoms with Crippen molar-refractivity contribution in [1.29, 1.82) is 0 Å². The summed E-state index contributed by atoms with van der Waals surface area (Å²) in [4.78, 5) is 14.0. The van der Waals surface area contributed by atoms with Crippen molar-refractivity contribution in [3.63, 3.8) is 0 Å². The van der Waals surface area contributed by atoms with Crippen LogP contribution in [0.4, 0.5) is 0 Å². The Hall–Kier alpha value is -1.00. The zero-order valence-corrected chi connectivity index (χ0v) is 6.38. The van der Waals surface area contributed by atoms with Crippen LogP contribution in [-0.2, 0) is 4.89 Å². The molecule has 0 fully saturated rings. The second kappa shape index (κ2) is 4.76. The third-order valence-corrected chi connectivity index (χ3v) is 1.09. The van der Waals surface area contributed by atoms with Crippen molar-refractivity contribution in [2.24, 2.45) is 0 Å². The van der Waals surface area contributed by atoms with Crippen LogP contribution in [0.15, 0.2) is 30.3 Å². The van der Waals surface area contributed by atoms with Crippen LogP contribution >= 0.6 is 13.5 Å². The molecule has 0 heterocycles. The Morgan fingerprint density at radius 2 is 1.82 bits per heavy atom. The van der Waals surface area contributed by atoms with E-state index in [1.165, 1.54) is 0 Å². The van der Waals surface area contributed by atoms with Gasteiger partial charge >= 0.3 is 5.97 Å². The van der Waals surface area contributed by atoms with Crippen LogP contribution in [0, 0.1) is 0 Å². The maximum absolute atomic E-state index is 10.5. The maximum atomic E-state index is 10.5. The molecule has 4 heteroatoms. The number of benzene rings is 1. The molecular weight excluding hydrogens is 164 g/mol. The first-order valence-electron chi connectivity index (χ1n) is 2.75. The molecule has 0 bridgehead atoms. The Kier molecular flexibility index (Phi) is 4.33. The fourth-order valence-corrected chi connectivity index (χ4v) is 0.627. The van der Waals surface area contributed by atoms with Crippen LogP contribution in [0.5, 0.6) is 0 Å². The van der Waals surface area contributed by atoms with Crippen LogP contribution in [0.25, 0.3) is 0 Å². The second-order valence-electron chi connectivity index (χ2n) is 1.74. The summed E-state index contributed by atoms with van der Waals surface area (Å²) in [5.41, 5.74) is 0.338. The molecule has 0 aromatic heterocycles. The van der Waals surface area contributed by atoms with Crippen molar-refractivity contribution in [3.05, 3.63) is 35.9 Å². The molecule has 1 N–H and O–H groups in total. The lowest BCUT2D eigenvalue weighted by molar-refractivity contribution is -0.182. The van der Waals surface area contributed by atoms with Crippen molar-refractivity contribution < 1.29 is 14.9 Å². The van der Waals surface area contributed by atoms with Gasteiger partial charge in [0.15, 0.2) is 0 Å². The largest absolute Gasteiger partial charge is 0.372 e. The molecule has 0 aliphatic carbocycles. The number of hydrogen-bond donors (Lipinski definition) is 1. The van der Waals surface area contributed by atoms with Crippen LogP contribution in [-0.4, -0.2) is 11.2 Å². The van der Waals surface area contributed by atoms with Gasteiger partial charge in [-0.3, -0.25) is 4.89 Å². The molecule has 1 aromatic carbocycles. The molecule has 3 nitrogen and oxygen atoms in total. The number of rotatable bonds is 1. The minimum absolute atomic E-state index is 0. The van der Waals surface area contributed by atoms with Crippen molar-refractivity contribution in [2.75, 3.05) is 0 Å². The zero-order chi connectivity index (χ0) is 7.40. The summed E-state index contributed by atoms with van der Waals surface area (Å²) in [6.07, 6.45) is 0. The first-order chi connectivity index (χ1) is 4.84. The van der Waals surface area contributed by atoms with Crippen LogP contribution in [0.2, 0.25) is 0 Å². The molecule has 11 heavy (non-hydrogen) atoms. The first kappa shape index (κ1) is 10.0. The summed E-state index contributed by atoms with van der Waals surface area (Å²) in [6, 6.07) is 8.25. The van der Waals surface area contributed by atoms with Gasteiger partial charge in [0, 0.05) is 13.5 Å². The standard InChI is InChI=1S/C7H6O3.S/c8-7(10-9)6-4-2-1-3-5-6;/h1-5,9H;. The van der Waals surface area contributed by atoms with Gasteiger partial charge < -0.3 is 0 Å². The molecule has 0 aliphatic heterocycles. The quantitative estimate of drug-likeness (QED) is 0.517. The highest BCUT2D eigenvalue weighted by Crippen LogP contribution is 1.98. The Balaban J connectivity index is 0.000001000. The minimum atomic E-state index is -0.736. The van der Waals surface area contributed by atoms with E-state index in [1.54, 1.807) is 30.3 Å². The highest BCUT2D eigenvalue weighted by atomic mass is 32.1. The Labute approximate surface area is 71.0 Å². The summed E-state index contributed by atoms with van der Waals surface area (Å²) in [7, 11) is 0. The Morgan fingerprint density at radius 1 is 1.27 bits per heavy atom. The average Bonchev–Trinajstić information content (AvgIpc) is 2.05. The molecule has 0 aliphatic rings. The van der Waals surface area contributed by atoms with E-state index in [-0.39, 0.29) is 13.5 Å². The summed E-state index contributed by atoms with van der Waals surface area (Å²) >= 11 is 0. The van der Waals surface area contributed by atoms with Gasteiger partial charge in [-0.25, -0.2) is 4.79 Å². The van der Waals surface area contributed by atoms with E-state index >= 15 is 0 Å². The molecular formula is C7H6O3S. The second-order valence-corrected chi connectivity index (χ2v) is 1.74. The fraction of sp³-hybridized carbons (Fsp3) is 0. The Bertz CT molecular complexity index is 222. The molecule has 1 aromatic rings. The summed E-state index contributed by atoms with van der Waals surface area (Å²) in [5.74, 6) is -0.736. The van der Waals surface area contributed by atoms with E-state index in [2.05, 4.69) is 4.89 Å². The van der Waals surface area contributed by atoms with Crippen LogP contribution in [0.3, 0.4) is 0 Å². The van der Waals surface area contributed by atoms with Gasteiger partial charge in [-0.1, -0.05) is 18.2 Å². The molecule has 0 unspecified atom stereocenters. The van der Waals surface area contributed by atoms with Gasteiger partial charge in [-0.15, -0.1) is 0 Å². The van der Waals surface area contributed by atoms with E-state index < -0.39 is 5.97 Å². The van der Waals surface area contributed by atoms with E-state index in [9.17, 15) is 4.79 Å². The fourth-order valence-electron chi connectivity index (χ4n) is 0.627. The van der Waals surface area contributed by atoms with Gasteiger partial charge in [0.1, 0.15) is 0 Å². The van der Waals surface area contributed by atoms with Gasteiger partial charge in [-0.2, -0.15) is 5.26 Å². The number of hydrogen-bond acceptors (Lipinski definition) is 3. The zero-order valence-electron chi connectivity index (χ0n) is 5.56. The van der Waals surface area contributed by atoms with Crippen molar-refractivity contribution in [3.8, 4) is 0 Å². The van der Waals surface area contributed by atoms with E-state index in [4.69, 9.17) is 5.26 Å². The van der Waals surface area contributed by atoms with Gasteiger partial charge in [0.25, 0.3) is 0 Å². The van der Waals surface area contributed by atoms with E-state index in [0.717, 1.165) is 0 Å². The van der Waals surface area contributed by atoms with Crippen molar-refractivity contribution in [2.45, 2.75) is 0 Å². The van der Waals surface area contributed by atoms with Gasteiger partial charge in [-0.05, 0) is 12.1 Å². The van der Waals surface area contributed by atoms with Crippen molar-refractivity contribution >= 4 is 19.5 Å². The highest BCUT2D eigenvalue weighted by molar-refractivity contribution is 7.59. The minimum Gasteiger partial charge on any atom is -0.296 e. The molecule has 0 amide bonds. The molecule has 58 valence electrons. The van der Waals surface area contributed by atoms with E-state index in [1.807, 2.05) is 0 Å². The molecule has 0 atom stereocenters. The lowest BCUT2D eigenvalue weighted by atomic mass is 10.2. The lowest BCUT2D eigenvalue weighted by Gasteiger charge is -1.92. The maximum Gasteiger partial charge on any atom is 0.372 e. The third kappa shape index (κ3) is 2.61. The van der Waals surface area contributed by atoms with Gasteiger partial charge in [0.05, 0.1) is 5.56 Å². The van der Waals surface area contributed by atoms with Crippen LogP contribution < -0.4 is 0 Å². The average molecular weight is 170 g/mol. The molecule has 0 saturated heterocycles. The van der Waals surface area contributed by atoms with Crippen molar-refractivity contribution in [1.82, 2.24) is 0 Å². The monoisotopic (exact) mass is 170 g/mol. The first-order valence-corrected chi connectivity index (χ1v) is 2.75. The smallest absolute Gasteiger partial charge is 0.296 e. The summed E-state index contributed by atoms with van der Waals surface area (Å²) in [6.45, 7) is 0. The molecule has 2 radical (unpaired) electrons. The normalized spacial score (nSPS) is 8.09. The van der Waals surface area contributed by atoms with Crippen LogP contribution in [0.1, 0.15) is 10.4 Å². The number of carbonyl (C=O) groups is 1.